The van der Waals surface area contributed by atoms with Gasteiger partial charge < -0.3 is 14.8 Å². The molecule has 84 valence electrons. The number of rotatable bonds is 5. The summed E-state index contributed by atoms with van der Waals surface area (Å²) in [6.07, 6.45) is 1.10. The molecule has 0 aliphatic heterocycles. The molecule has 0 aliphatic rings. The van der Waals surface area contributed by atoms with Gasteiger partial charge in [0.05, 0.1) is 6.54 Å². The Balaban J connectivity index is 2.61. The Morgan fingerprint density at radius 3 is 2.67 bits per heavy atom. The van der Waals surface area contributed by atoms with E-state index in [9.17, 15) is 0 Å². The predicted molar refractivity (Wildman–Crippen MR) is 58.1 cm³/mol. The quantitative estimate of drug-likeness (QED) is 0.614. The van der Waals surface area contributed by atoms with Crippen LogP contribution in [0, 0.1) is 6.92 Å². The fraction of sp³-hybridized carbons (Fsp3) is 0.556. The van der Waals surface area contributed by atoms with Crippen LogP contribution in [0.5, 0.6) is 0 Å². The number of ether oxygens (including phenoxy) is 2. The van der Waals surface area contributed by atoms with Gasteiger partial charge in [0.15, 0.2) is 6.29 Å². The molecule has 0 unspecified atom stereocenters. The highest BCUT2D eigenvalue weighted by atomic mass is 35.5. The number of hydrogen-bond acceptors (Lipinski definition) is 5. The van der Waals surface area contributed by atoms with Gasteiger partial charge in [0.25, 0.3) is 0 Å². The van der Waals surface area contributed by atoms with Crippen LogP contribution in [-0.2, 0) is 9.47 Å². The summed E-state index contributed by atoms with van der Waals surface area (Å²) >= 11 is 5.84. The van der Waals surface area contributed by atoms with Gasteiger partial charge in [-0.05, 0) is 6.92 Å². The molecule has 0 fully saturated rings. The maximum atomic E-state index is 5.84. The van der Waals surface area contributed by atoms with Crippen LogP contribution in [0.2, 0.25) is 5.15 Å². The zero-order valence-corrected chi connectivity index (χ0v) is 9.71. The minimum absolute atomic E-state index is 0.307. The third-order valence-electron chi connectivity index (χ3n) is 1.98. The Labute approximate surface area is 93.8 Å². The molecule has 1 aromatic heterocycles. The van der Waals surface area contributed by atoms with Crippen molar-refractivity contribution in [3.05, 3.63) is 17.0 Å². The van der Waals surface area contributed by atoms with Crippen LogP contribution in [0.3, 0.4) is 0 Å². The molecule has 0 aromatic carbocycles. The second-order valence-electron chi connectivity index (χ2n) is 2.92. The molecule has 5 nitrogen and oxygen atoms in total. The van der Waals surface area contributed by atoms with Crippen molar-refractivity contribution in [2.45, 2.75) is 13.2 Å². The van der Waals surface area contributed by atoms with Gasteiger partial charge in [-0.2, -0.15) is 0 Å². The molecule has 0 radical (unpaired) electrons. The van der Waals surface area contributed by atoms with Crippen LogP contribution in [-0.4, -0.2) is 37.0 Å². The molecule has 1 N–H and O–H groups in total. The van der Waals surface area contributed by atoms with Crippen LogP contribution in [0.15, 0.2) is 6.33 Å². The largest absolute Gasteiger partial charge is 0.365 e. The molecule has 0 bridgehead atoms. The van der Waals surface area contributed by atoms with E-state index in [1.54, 1.807) is 14.2 Å². The van der Waals surface area contributed by atoms with E-state index < -0.39 is 0 Å². The van der Waals surface area contributed by atoms with Crippen LogP contribution in [0.25, 0.3) is 0 Å². The van der Waals surface area contributed by atoms with Crippen molar-refractivity contribution in [2.75, 3.05) is 26.1 Å². The summed E-state index contributed by atoms with van der Waals surface area (Å²) < 4.78 is 10.1. The standard InChI is InChI=1S/C9H14ClN3O2/c1-6-8(10)12-5-13-9(6)11-4-7(14-2)15-3/h5,7H,4H2,1-3H3,(H,11,12,13). The molecule has 0 saturated heterocycles. The number of hydrogen-bond donors (Lipinski definition) is 1. The molecule has 1 aromatic rings. The van der Waals surface area contributed by atoms with E-state index in [2.05, 4.69) is 15.3 Å². The van der Waals surface area contributed by atoms with E-state index >= 15 is 0 Å². The van der Waals surface area contributed by atoms with Gasteiger partial charge in [-0.3, -0.25) is 0 Å². The van der Waals surface area contributed by atoms with Gasteiger partial charge in [-0.15, -0.1) is 0 Å². The molecular weight excluding hydrogens is 218 g/mol. The van der Waals surface area contributed by atoms with E-state index in [1.807, 2.05) is 6.92 Å². The summed E-state index contributed by atoms with van der Waals surface area (Å²) in [5.41, 5.74) is 0.810. The zero-order valence-electron chi connectivity index (χ0n) is 8.95. The second-order valence-corrected chi connectivity index (χ2v) is 3.28. The Hall–Kier alpha value is -0.910. The van der Waals surface area contributed by atoms with E-state index in [-0.39, 0.29) is 6.29 Å². The van der Waals surface area contributed by atoms with Gasteiger partial charge in [0, 0.05) is 19.8 Å². The van der Waals surface area contributed by atoms with Gasteiger partial charge >= 0.3 is 0 Å². The topological polar surface area (TPSA) is 56.3 Å². The minimum Gasteiger partial charge on any atom is -0.365 e. The fourth-order valence-electron chi connectivity index (χ4n) is 1.05. The first-order chi connectivity index (χ1) is 7.19. The summed E-state index contributed by atoms with van der Waals surface area (Å²) in [7, 11) is 3.16. The SMILES string of the molecule is COC(CNc1ncnc(Cl)c1C)OC. The van der Waals surface area contributed by atoms with Gasteiger partial charge in [0.2, 0.25) is 0 Å². The third-order valence-corrected chi connectivity index (χ3v) is 2.37. The normalized spacial score (nSPS) is 10.7. The maximum absolute atomic E-state index is 5.84. The fourth-order valence-corrected chi connectivity index (χ4v) is 1.18. The second kappa shape index (κ2) is 5.85. The zero-order chi connectivity index (χ0) is 11.3. The highest BCUT2D eigenvalue weighted by Crippen LogP contribution is 2.17. The van der Waals surface area contributed by atoms with Crippen molar-refractivity contribution in [3.63, 3.8) is 0 Å². The average Bonchev–Trinajstić information content (AvgIpc) is 2.25. The van der Waals surface area contributed by atoms with Gasteiger partial charge in [-0.1, -0.05) is 11.6 Å². The lowest BCUT2D eigenvalue weighted by Crippen LogP contribution is -2.24. The highest BCUT2D eigenvalue weighted by Gasteiger charge is 2.08. The summed E-state index contributed by atoms with van der Waals surface area (Å²) in [5.74, 6) is 0.689. The van der Waals surface area contributed by atoms with E-state index in [4.69, 9.17) is 21.1 Å². The lowest BCUT2D eigenvalue weighted by Gasteiger charge is -2.15. The van der Waals surface area contributed by atoms with Crippen molar-refractivity contribution in [1.29, 1.82) is 0 Å². The van der Waals surface area contributed by atoms with Crippen molar-refractivity contribution >= 4 is 17.4 Å². The lowest BCUT2D eigenvalue weighted by atomic mass is 10.3. The van der Waals surface area contributed by atoms with Crippen LogP contribution in [0.4, 0.5) is 5.82 Å². The average molecular weight is 232 g/mol. The molecule has 0 aliphatic carbocycles. The summed E-state index contributed by atoms with van der Waals surface area (Å²) in [5, 5.41) is 3.51. The van der Waals surface area contributed by atoms with Crippen molar-refractivity contribution < 1.29 is 9.47 Å². The van der Waals surface area contributed by atoms with Gasteiger partial charge in [-0.25, -0.2) is 9.97 Å². The predicted octanol–water partition coefficient (Wildman–Crippen LogP) is 1.47. The number of methoxy groups -OCH3 is 2. The summed E-state index contributed by atoms with van der Waals surface area (Å²) in [6, 6.07) is 0. The number of anilines is 1. The molecule has 1 heterocycles. The molecule has 0 saturated carbocycles. The number of nitrogens with one attached hydrogen (secondary N) is 1. The van der Waals surface area contributed by atoms with E-state index in [1.165, 1.54) is 6.33 Å². The molecule has 1 rings (SSSR count). The highest BCUT2D eigenvalue weighted by molar-refractivity contribution is 6.30. The Morgan fingerprint density at radius 1 is 1.40 bits per heavy atom. The van der Waals surface area contributed by atoms with E-state index in [0.717, 1.165) is 5.56 Å². The first-order valence-corrected chi connectivity index (χ1v) is 4.83. The van der Waals surface area contributed by atoms with E-state index in [0.29, 0.717) is 17.5 Å². The first kappa shape index (κ1) is 12.2. The van der Waals surface area contributed by atoms with Crippen LogP contribution in [0.1, 0.15) is 5.56 Å². The van der Waals surface area contributed by atoms with Gasteiger partial charge in [0.1, 0.15) is 17.3 Å². The smallest absolute Gasteiger partial charge is 0.173 e. The summed E-state index contributed by atoms with van der Waals surface area (Å²) in [6.45, 7) is 2.35. The maximum Gasteiger partial charge on any atom is 0.173 e. The molecule has 15 heavy (non-hydrogen) atoms. The lowest BCUT2D eigenvalue weighted by molar-refractivity contribution is -0.0914. The Morgan fingerprint density at radius 2 is 2.07 bits per heavy atom. The van der Waals surface area contributed by atoms with Crippen molar-refractivity contribution in [3.8, 4) is 0 Å². The minimum atomic E-state index is -0.307. The number of halogens is 1. The van der Waals surface area contributed by atoms with Crippen LogP contribution < -0.4 is 5.32 Å². The van der Waals surface area contributed by atoms with Crippen molar-refractivity contribution in [2.24, 2.45) is 0 Å². The van der Waals surface area contributed by atoms with Crippen molar-refractivity contribution in [1.82, 2.24) is 9.97 Å². The number of nitrogens with zero attached hydrogens (tertiary/aromatic N) is 2. The first-order valence-electron chi connectivity index (χ1n) is 4.45. The Bertz CT molecular complexity index is 318. The monoisotopic (exact) mass is 231 g/mol. The molecule has 6 heteroatoms. The molecule has 0 spiro atoms. The molecular formula is C9H14ClN3O2. The van der Waals surface area contributed by atoms with Crippen LogP contribution >= 0.6 is 11.6 Å². The summed E-state index contributed by atoms with van der Waals surface area (Å²) in [4.78, 5) is 7.92. The number of aromatic nitrogens is 2. The molecule has 0 atom stereocenters. The molecule has 0 amide bonds. The Kier molecular flexibility index (Phi) is 4.74. The third kappa shape index (κ3) is 3.30.